The first kappa shape index (κ1) is 19.6. The number of aromatic hydroxyl groups is 1. The molecule has 0 saturated carbocycles. The summed E-state index contributed by atoms with van der Waals surface area (Å²) < 4.78 is 5.70. The van der Waals surface area contributed by atoms with Crippen LogP contribution in [-0.4, -0.2) is 26.9 Å². The fraction of sp³-hybridized carbons (Fsp3) is 0.0800. The standard InChI is InChI=1S/C25H18N2O5/c1-14-9-10-18(28)17(12-14)27-22(16-7-4-5-11-26-16)21(24(30)25(27)31)23(29)20-13-15-6-2-3-8-19(15)32-20/h2-13,22,28,30H,1H3. The number of phenolic OH excluding ortho intramolecular Hbond substituents is 1. The molecule has 4 aromatic rings. The Hall–Kier alpha value is -4.39. The van der Waals surface area contributed by atoms with Gasteiger partial charge < -0.3 is 14.6 Å². The normalized spacial score (nSPS) is 16.2. The van der Waals surface area contributed by atoms with Crippen molar-refractivity contribution in [2.45, 2.75) is 13.0 Å². The Morgan fingerprint density at radius 1 is 1.03 bits per heavy atom. The number of para-hydroxylation sites is 1. The fourth-order valence-electron chi connectivity index (χ4n) is 3.96. The summed E-state index contributed by atoms with van der Waals surface area (Å²) in [4.78, 5) is 32.2. The van der Waals surface area contributed by atoms with Crippen molar-refractivity contribution in [2.24, 2.45) is 0 Å². The molecule has 1 aliphatic rings. The Balaban J connectivity index is 1.69. The quantitative estimate of drug-likeness (QED) is 0.461. The molecule has 2 aromatic carbocycles. The molecule has 0 saturated heterocycles. The number of aliphatic hydroxyl groups excluding tert-OH is 1. The van der Waals surface area contributed by atoms with Gasteiger partial charge in [-0.05, 0) is 48.9 Å². The van der Waals surface area contributed by atoms with Crippen LogP contribution >= 0.6 is 0 Å². The lowest BCUT2D eigenvalue weighted by Gasteiger charge is -2.26. The third kappa shape index (κ3) is 3.02. The first-order chi connectivity index (χ1) is 15.5. The van der Waals surface area contributed by atoms with Gasteiger partial charge in [-0.25, -0.2) is 0 Å². The minimum Gasteiger partial charge on any atom is -0.506 e. The van der Waals surface area contributed by atoms with E-state index >= 15 is 0 Å². The van der Waals surface area contributed by atoms with E-state index in [1.807, 2.05) is 13.0 Å². The van der Waals surface area contributed by atoms with E-state index in [2.05, 4.69) is 4.98 Å². The Labute approximate surface area is 182 Å². The van der Waals surface area contributed by atoms with Crippen molar-refractivity contribution < 1.29 is 24.2 Å². The van der Waals surface area contributed by atoms with Gasteiger partial charge in [0.15, 0.2) is 11.5 Å². The Kier molecular flexibility index (Phi) is 4.52. The van der Waals surface area contributed by atoms with Gasteiger partial charge in [-0.3, -0.25) is 19.5 Å². The molecule has 3 heterocycles. The van der Waals surface area contributed by atoms with E-state index in [0.29, 0.717) is 11.3 Å². The number of aromatic nitrogens is 1. The van der Waals surface area contributed by atoms with Crippen LogP contribution < -0.4 is 4.90 Å². The van der Waals surface area contributed by atoms with Crippen molar-refractivity contribution in [2.75, 3.05) is 4.90 Å². The zero-order valence-electron chi connectivity index (χ0n) is 17.0. The molecule has 7 nitrogen and oxygen atoms in total. The summed E-state index contributed by atoms with van der Waals surface area (Å²) in [5, 5.41) is 22.0. The van der Waals surface area contributed by atoms with Gasteiger partial charge in [0, 0.05) is 11.6 Å². The van der Waals surface area contributed by atoms with E-state index in [0.717, 1.165) is 10.9 Å². The number of aryl methyl sites for hydroxylation is 1. The van der Waals surface area contributed by atoms with E-state index in [1.54, 1.807) is 54.6 Å². The van der Waals surface area contributed by atoms with Crippen LogP contribution in [0.5, 0.6) is 5.75 Å². The predicted molar refractivity (Wildman–Crippen MR) is 118 cm³/mol. The smallest absolute Gasteiger partial charge is 0.294 e. The van der Waals surface area contributed by atoms with Gasteiger partial charge in [-0.15, -0.1) is 0 Å². The molecule has 158 valence electrons. The van der Waals surface area contributed by atoms with Gasteiger partial charge in [-0.2, -0.15) is 0 Å². The molecule has 32 heavy (non-hydrogen) atoms. The molecule has 0 bridgehead atoms. The second kappa shape index (κ2) is 7.39. The van der Waals surface area contributed by atoms with Gasteiger partial charge in [-0.1, -0.05) is 30.3 Å². The topological polar surface area (TPSA) is 104 Å². The number of nitrogens with zero attached hydrogens (tertiary/aromatic N) is 2. The summed E-state index contributed by atoms with van der Waals surface area (Å²) in [7, 11) is 0. The van der Waals surface area contributed by atoms with E-state index in [1.165, 1.54) is 17.2 Å². The van der Waals surface area contributed by atoms with Crippen molar-refractivity contribution in [1.29, 1.82) is 0 Å². The zero-order chi connectivity index (χ0) is 22.4. The number of carbonyl (C=O) groups is 2. The number of aliphatic hydroxyl groups is 1. The van der Waals surface area contributed by atoms with Crippen molar-refractivity contribution in [1.82, 2.24) is 4.98 Å². The highest BCUT2D eigenvalue weighted by molar-refractivity contribution is 6.21. The molecule has 0 fully saturated rings. The molecule has 0 aliphatic carbocycles. The van der Waals surface area contributed by atoms with Gasteiger partial charge in [0.25, 0.3) is 5.91 Å². The third-order valence-corrected chi connectivity index (χ3v) is 5.46. The van der Waals surface area contributed by atoms with Crippen molar-refractivity contribution in [3.8, 4) is 5.75 Å². The summed E-state index contributed by atoms with van der Waals surface area (Å²) in [6, 6.07) is 17.5. The highest BCUT2D eigenvalue weighted by Crippen LogP contribution is 2.44. The predicted octanol–water partition coefficient (Wildman–Crippen LogP) is 4.62. The number of fused-ring (bicyclic) bond motifs is 1. The lowest BCUT2D eigenvalue weighted by Crippen LogP contribution is -2.31. The number of Topliss-reactive ketones (excluding diaryl/α,β-unsaturated/α-hetero) is 1. The van der Waals surface area contributed by atoms with Crippen LogP contribution in [0.2, 0.25) is 0 Å². The van der Waals surface area contributed by atoms with E-state index in [9.17, 15) is 19.8 Å². The summed E-state index contributed by atoms with van der Waals surface area (Å²) in [6.07, 6.45) is 1.53. The number of anilines is 1. The second-order valence-electron chi connectivity index (χ2n) is 7.56. The van der Waals surface area contributed by atoms with Gasteiger partial charge in [0.2, 0.25) is 5.78 Å². The molecular weight excluding hydrogens is 408 g/mol. The summed E-state index contributed by atoms with van der Waals surface area (Å²) >= 11 is 0. The second-order valence-corrected chi connectivity index (χ2v) is 7.56. The number of furan rings is 1. The molecule has 1 unspecified atom stereocenters. The van der Waals surface area contributed by atoms with Crippen LogP contribution in [0.3, 0.4) is 0 Å². The monoisotopic (exact) mass is 426 g/mol. The number of amides is 1. The maximum Gasteiger partial charge on any atom is 0.294 e. The molecule has 1 aliphatic heterocycles. The first-order valence-corrected chi connectivity index (χ1v) is 9.96. The zero-order valence-corrected chi connectivity index (χ0v) is 17.0. The van der Waals surface area contributed by atoms with Crippen LogP contribution in [0.25, 0.3) is 11.0 Å². The first-order valence-electron chi connectivity index (χ1n) is 9.96. The number of benzene rings is 2. The fourth-order valence-corrected chi connectivity index (χ4v) is 3.96. The molecule has 1 amide bonds. The number of ketones is 1. The number of phenols is 1. The van der Waals surface area contributed by atoms with Crippen LogP contribution in [0.1, 0.15) is 27.9 Å². The van der Waals surface area contributed by atoms with Crippen LogP contribution in [0, 0.1) is 6.92 Å². The van der Waals surface area contributed by atoms with Crippen molar-refractivity contribution in [3.63, 3.8) is 0 Å². The molecule has 7 heteroatoms. The SMILES string of the molecule is Cc1ccc(O)c(N2C(=O)C(O)=C(C(=O)c3cc4ccccc4o3)C2c2ccccn2)c1. The minimum absolute atomic E-state index is 0.00297. The molecule has 0 radical (unpaired) electrons. The molecule has 2 N–H and O–H groups in total. The lowest BCUT2D eigenvalue weighted by atomic mass is 9.98. The Bertz CT molecular complexity index is 1370. The maximum atomic E-state index is 13.5. The van der Waals surface area contributed by atoms with Crippen molar-refractivity contribution in [3.05, 3.63) is 101 Å². The highest BCUT2D eigenvalue weighted by Gasteiger charge is 2.46. The van der Waals surface area contributed by atoms with E-state index < -0.39 is 23.5 Å². The van der Waals surface area contributed by atoms with Crippen molar-refractivity contribution >= 4 is 28.3 Å². The largest absolute Gasteiger partial charge is 0.506 e. The van der Waals surface area contributed by atoms with E-state index in [4.69, 9.17) is 4.42 Å². The molecule has 5 rings (SSSR count). The Morgan fingerprint density at radius 2 is 1.81 bits per heavy atom. The summed E-state index contributed by atoms with van der Waals surface area (Å²) in [6.45, 7) is 1.81. The molecular formula is C25H18N2O5. The summed E-state index contributed by atoms with van der Waals surface area (Å²) in [5.74, 6) is -2.29. The van der Waals surface area contributed by atoms with E-state index in [-0.39, 0.29) is 22.8 Å². The highest BCUT2D eigenvalue weighted by atomic mass is 16.3. The van der Waals surface area contributed by atoms with Crippen LogP contribution in [-0.2, 0) is 4.79 Å². The van der Waals surface area contributed by atoms with Gasteiger partial charge >= 0.3 is 0 Å². The number of hydrogen-bond acceptors (Lipinski definition) is 6. The number of carbonyl (C=O) groups excluding carboxylic acids is 2. The lowest BCUT2D eigenvalue weighted by molar-refractivity contribution is -0.117. The third-order valence-electron chi connectivity index (χ3n) is 5.46. The van der Waals surface area contributed by atoms with Crippen LogP contribution in [0.4, 0.5) is 5.69 Å². The van der Waals surface area contributed by atoms with Gasteiger partial charge in [0.1, 0.15) is 17.4 Å². The maximum absolute atomic E-state index is 13.5. The Morgan fingerprint density at radius 3 is 2.56 bits per heavy atom. The molecule has 1 atom stereocenters. The number of pyridine rings is 1. The average Bonchev–Trinajstić information content (AvgIpc) is 3.35. The average molecular weight is 426 g/mol. The molecule has 2 aromatic heterocycles. The number of hydrogen-bond donors (Lipinski definition) is 2. The minimum atomic E-state index is -1.04. The van der Waals surface area contributed by atoms with Gasteiger partial charge in [0.05, 0.1) is 17.0 Å². The summed E-state index contributed by atoms with van der Waals surface area (Å²) in [5.41, 5.74) is 1.69. The molecule has 0 spiro atoms. The van der Waals surface area contributed by atoms with Crippen LogP contribution in [0.15, 0.2) is 88.7 Å². The number of rotatable bonds is 4.